The van der Waals surface area contributed by atoms with Crippen LogP contribution in [0.15, 0.2) is 42.1 Å². The quantitative estimate of drug-likeness (QED) is 0.734. The van der Waals surface area contributed by atoms with E-state index in [1.54, 1.807) is 19.2 Å². The Morgan fingerprint density at radius 3 is 2.18 bits per heavy atom. The zero-order valence-corrected chi connectivity index (χ0v) is 17.7. The van der Waals surface area contributed by atoms with E-state index in [1.807, 2.05) is 59.7 Å². The maximum atomic E-state index is 13.1. The van der Waals surface area contributed by atoms with Gasteiger partial charge in [-0.2, -0.15) is 5.26 Å². The Morgan fingerprint density at radius 2 is 1.68 bits per heavy atom. The minimum Gasteiger partial charge on any atom is -0.496 e. The van der Waals surface area contributed by atoms with Gasteiger partial charge in [-0.25, -0.2) is 0 Å². The minimum atomic E-state index is -0.425. The zero-order valence-electron chi connectivity index (χ0n) is 17.7. The molecule has 0 spiro atoms. The van der Waals surface area contributed by atoms with E-state index in [2.05, 4.69) is 17.5 Å². The van der Waals surface area contributed by atoms with Crippen molar-refractivity contribution in [3.8, 4) is 11.8 Å². The summed E-state index contributed by atoms with van der Waals surface area (Å²) in [5.74, 6) is 0.405. The third-order valence-electron chi connectivity index (χ3n) is 4.61. The van der Waals surface area contributed by atoms with E-state index < -0.39 is 5.41 Å². The van der Waals surface area contributed by atoms with Crippen molar-refractivity contribution in [1.29, 1.82) is 5.26 Å². The lowest BCUT2D eigenvalue weighted by atomic mass is 9.86. The van der Waals surface area contributed by atoms with E-state index in [4.69, 9.17) is 4.74 Å². The van der Waals surface area contributed by atoms with Crippen molar-refractivity contribution in [3.63, 3.8) is 0 Å². The van der Waals surface area contributed by atoms with Crippen molar-refractivity contribution in [1.82, 2.24) is 5.32 Å². The molecule has 0 aliphatic rings. The number of ether oxygens (including phenoxy) is 1. The molecule has 2 rings (SSSR count). The maximum absolute atomic E-state index is 13.1. The standard InChI is InChI=1S/C24H28N2O2/c1-15-11-16(2)13-18(12-15)20(14-25)22(24(4,5)6)26-23(27)19-9-8-10-21(28-7)17(19)3/h8-13H,1-7H3,(H,26,27)/b22-20+. The van der Waals surface area contributed by atoms with Crippen LogP contribution >= 0.6 is 0 Å². The fraction of sp³-hybridized carbons (Fsp3) is 0.333. The summed E-state index contributed by atoms with van der Waals surface area (Å²) in [6.07, 6.45) is 0. The number of allylic oxidation sites excluding steroid dienone is 2. The molecular formula is C24H28N2O2. The lowest BCUT2D eigenvalue weighted by molar-refractivity contribution is 0.0957. The smallest absolute Gasteiger partial charge is 0.255 e. The van der Waals surface area contributed by atoms with Crippen LogP contribution < -0.4 is 10.1 Å². The van der Waals surface area contributed by atoms with E-state index in [-0.39, 0.29) is 5.91 Å². The van der Waals surface area contributed by atoms with Crippen LogP contribution in [-0.2, 0) is 0 Å². The van der Waals surface area contributed by atoms with Crippen molar-refractivity contribution in [2.75, 3.05) is 7.11 Å². The molecule has 4 heteroatoms. The first-order chi connectivity index (χ1) is 13.1. The Hall–Kier alpha value is -3.06. The lowest BCUT2D eigenvalue weighted by Crippen LogP contribution is -2.31. The van der Waals surface area contributed by atoms with Crippen molar-refractivity contribution >= 4 is 11.5 Å². The van der Waals surface area contributed by atoms with Gasteiger partial charge in [0.2, 0.25) is 0 Å². The number of amides is 1. The van der Waals surface area contributed by atoms with Crippen molar-refractivity contribution in [2.45, 2.75) is 41.5 Å². The van der Waals surface area contributed by atoms with E-state index in [0.29, 0.717) is 22.6 Å². The topological polar surface area (TPSA) is 62.1 Å². The highest BCUT2D eigenvalue weighted by molar-refractivity contribution is 5.99. The van der Waals surface area contributed by atoms with Gasteiger partial charge in [-0.3, -0.25) is 4.79 Å². The van der Waals surface area contributed by atoms with Crippen LogP contribution in [-0.4, -0.2) is 13.0 Å². The Morgan fingerprint density at radius 1 is 1.07 bits per heavy atom. The number of methoxy groups -OCH3 is 1. The molecule has 0 saturated heterocycles. The number of nitrogens with zero attached hydrogens (tertiary/aromatic N) is 1. The summed E-state index contributed by atoms with van der Waals surface area (Å²) in [6.45, 7) is 11.8. The first kappa shape index (κ1) is 21.2. The second-order valence-corrected chi connectivity index (χ2v) is 8.08. The average Bonchev–Trinajstić information content (AvgIpc) is 2.60. The highest BCUT2D eigenvalue weighted by atomic mass is 16.5. The van der Waals surface area contributed by atoms with Gasteiger partial charge in [0, 0.05) is 22.2 Å². The molecule has 0 saturated carbocycles. The van der Waals surface area contributed by atoms with Gasteiger partial charge in [0.15, 0.2) is 0 Å². The second-order valence-electron chi connectivity index (χ2n) is 8.08. The van der Waals surface area contributed by atoms with Crippen molar-refractivity contribution < 1.29 is 9.53 Å². The van der Waals surface area contributed by atoms with Crippen LogP contribution in [0.25, 0.3) is 5.57 Å². The first-order valence-corrected chi connectivity index (χ1v) is 9.27. The minimum absolute atomic E-state index is 0.251. The van der Waals surface area contributed by atoms with Gasteiger partial charge >= 0.3 is 0 Å². The fourth-order valence-electron chi connectivity index (χ4n) is 3.27. The number of carbonyl (C=O) groups is 1. The summed E-state index contributed by atoms with van der Waals surface area (Å²) < 4.78 is 5.33. The molecule has 0 heterocycles. The third-order valence-corrected chi connectivity index (χ3v) is 4.61. The first-order valence-electron chi connectivity index (χ1n) is 9.27. The molecule has 4 nitrogen and oxygen atoms in total. The van der Waals surface area contributed by atoms with Crippen LogP contribution in [0.2, 0.25) is 0 Å². The maximum Gasteiger partial charge on any atom is 0.255 e. The van der Waals surface area contributed by atoms with Crippen LogP contribution in [0.4, 0.5) is 0 Å². The van der Waals surface area contributed by atoms with E-state index in [1.165, 1.54) is 0 Å². The summed E-state index contributed by atoms with van der Waals surface area (Å²) in [5, 5.41) is 13.0. The molecule has 0 radical (unpaired) electrons. The largest absolute Gasteiger partial charge is 0.496 e. The van der Waals surface area contributed by atoms with Gasteiger partial charge in [0.25, 0.3) is 5.91 Å². The van der Waals surface area contributed by atoms with Gasteiger partial charge < -0.3 is 10.1 Å². The zero-order chi connectivity index (χ0) is 21.1. The summed E-state index contributed by atoms with van der Waals surface area (Å²) in [6, 6.07) is 13.7. The van der Waals surface area contributed by atoms with Crippen LogP contribution in [0.1, 0.15) is 53.4 Å². The number of carbonyl (C=O) groups excluding carboxylic acids is 1. The molecular weight excluding hydrogens is 348 g/mol. The SMILES string of the molecule is COc1cccc(C(=O)N/C(=C(\C#N)c2cc(C)cc(C)c2)C(C)(C)C)c1C. The van der Waals surface area contributed by atoms with E-state index >= 15 is 0 Å². The normalized spacial score (nSPS) is 12.1. The second kappa shape index (κ2) is 8.31. The molecule has 0 unspecified atom stereocenters. The molecule has 0 atom stereocenters. The van der Waals surface area contributed by atoms with Crippen molar-refractivity contribution in [3.05, 3.63) is 69.9 Å². The number of aryl methyl sites for hydroxylation is 2. The molecule has 0 bridgehead atoms. The number of nitriles is 1. The van der Waals surface area contributed by atoms with E-state index in [9.17, 15) is 10.1 Å². The summed E-state index contributed by atoms with van der Waals surface area (Å²) in [7, 11) is 1.58. The Kier molecular flexibility index (Phi) is 6.30. The van der Waals surface area contributed by atoms with E-state index in [0.717, 1.165) is 22.3 Å². The lowest BCUT2D eigenvalue weighted by Gasteiger charge is -2.26. The molecule has 28 heavy (non-hydrogen) atoms. The van der Waals surface area contributed by atoms with Gasteiger partial charge in [0.05, 0.1) is 12.7 Å². The van der Waals surface area contributed by atoms with Crippen molar-refractivity contribution in [2.24, 2.45) is 5.41 Å². The van der Waals surface area contributed by atoms with Crippen LogP contribution in [0.5, 0.6) is 5.75 Å². The predicted molar refractivity (Wildman–Crippen MR) is 113 cm³/mol. The summed E-state index contributed by atoms with van der Waals surface area (Å²) >= 11 is 0. The number of hydrogen-bond donors (Lipinski definition) is 1. The van der Waals surface area contributed by atoms with Gasteiger partial charge in [-0.05, 0) is 38.5 Å². The molecule has 0 aromatic heterocycles. The monoisotopic (exact) mass is 376 g/mol. The van der Waals surface area contributed by atoms with Crippen LogP contribution in [0.3, 0.4) is 0 Å². The Balaban J connectivity index is 2.59. The highest BCUT2D eigenvalue weighted by Gasteiger charge is 2.26. The van der Waals surface area contributed by atoms with Gasteiger partial charge in [-0.1, -0.05) is 56.2 Å². The van der Waals surface area contributed by atoms with Gasteiger partial charge in [0.1, 0.15) is 11.8 Å². The van der Waals surface area contributed by atoms with Gasteiger partial charge in [-0.15, -0.1) is 0 Å². The molecule has 146 valence electrons. The fourth-order valence-corrected chi connectivity index (χ4v) is 3.27. The Labute approximate surface area is 167 Å². The highest BCUT2D eigenvalue weighted by Crippen LogP contribution is 2.32. The molecule has 0 fully saturated rings. The summed E-state index contributed by atoms with van der Waals surface area (Å²) in [5.41, 5.74) is 4.91. The Bertz CT molecular complexity index is 953. The number of hydrogen-bond acceptors (Lipinski definition) is 3. The number of nitrogens with one attached hydrogen (secondary N) is 1. The molecule has 1 amide bonds. The predicted octanol–water partition coefficient (Wildman–Crippen LogP) is 5.33. The molecule has 0 aliphatic carbocycles. The van der Waals surface area contributed by atoms with Crippen LogP contribution in [0, 0.1) is 37.5 Å². The molecule has 0 aliphatic heterocycles. The molecule has 2 aromatic rings. The molecule has 2 aromatic carbocycles. The average molecular weight is 377 g/mol. The number of rotatable bonds is 4. The molecule has 1 N–H and O–H groups in total. The summed E-state index contributed by atoms with van der Waals surface area (Å²) in [4.78, 5) is 13.1. The number of benzene rings is 2. The third kappa shape index (κ3) is 4.61.